The number of rotatable bonds is 2. The fourth-order valence-electron chi connectivity index (χ4n) is 2.14. The van der Waals surface area contributed by atoms with Crippen LogP contribution in [0.15, 0.2) is 18.2 Å². The van der Waals surface area contributed by atoms with Gasteiger partial charge < -0.3 is 15.7 Å². The molecule has 5 heteroatoms. The van der Waals surface area contributed by atoms with E-state index in [0.29, 0.717) is 13.1 Å². The number of benzene rings is 1. The Morgan fingerprint density at radius 1 is 1.50 bits per heavy atom. The van der Waals surface area contributed by atoms with Crippen molar-refractivity contribution in [2.75, 3.05) is 13.1 Å². The third-order valence-corrected chi connectivity index (χ3v) is 3.29. The van der Waals surface area contributed by atoms with Crippen LogP contribution in [0.5, 0.6) is 5.75 Å². The first-order chi connectivity index (χ1) is 8.11. The highest BCUT2D eigenvalue weighted by Crippen LogP contribution is 2.23. The summed E-state index contributed by atoms with van der Waals surface area (Å²) in [6, 6.07) is 5.36. The first-order valence-corrected chi connectivity index (χ1v) is 5.91. The van der Waals surface area contributed by atoms with Gasteiger partial charge in [-0.2, -0.15) is 0 Å². The standard InChI is InChI=1S/C13H18N2O2.ClH/c1-9(7-14)13(17)15-5-4-10-2-3-12(16)6-11(10)8-15;/h2-3,6,9,16H,4-5,7-8,14H2,1H3;1H. The topological polar surface area (TPSA) is 66.6 Å². The largest absolute Gasteiger partial charge is 0.508 e. The summed E-state index contributed by atoms with van der Waals surface area (Å²) < 4.78 is 0. The number of hydrogen-bond donors (Lipinski definition) is 2. The minimum atomic E-state index is -0.131. The minimum absolute atomic E-state index is 0. The van der Waals surface area contributed by atoms with Crippen molar-refractivity contribution in [2.45, 2.75) is 19.9 Å². The quantitative estimate of drug-likeness (QED) is 0.851. The Hall–Kier alpha value is -1.26. The number of halogens is 1. The molecule has 2 rings (SSSR count). The van der Waals surface area contributed by atoms with E-state index in [2.05, 4.69) is 0 Å². The van der Waals surface area contributed by atoms with Gasteiger partial charge in [0.1, 0.15) is 5.75 Å². The molecule has 0 fully saturated rings. The van der Waals surface area contributed by atoms with Crippen LogP contribution >= 0.6 is 12.4 Å². The lowest BCUT2D eigenvalue weighted by Gasteiger charge is -2.30. The van der Waals surface area contributed by atoms with E-state index in [1.807, 2.05) is 17.9 Å². The molecular formula is C13H19ClN2O2. The van der Waals surface area contributed by atoms with Gasteiger partial charge in [0, 0.05) is 25.6 Å². The van der Waals surface area contributed by atoms with Gasteiger partial charge in [-0.3, -0.25) is 4.79 Å². The molecule has 1 heterocycles. The number of aromatic hydroxyl groups is 1. The molecule has 0 radical (unpaired) electrons. The number of nitrogens with two attached hydrogens (primary N) is 1. The SMILES string of the molecule is CC(CN)C(=O)N1CCc2ccc(O)cc2C1.Cl. The first-order valence-electron chi connectivity index (χ1n) is 5.91. The van der Waals surface area contributed by atoms with E-state index in [1.54, 1.807) is 12.1 Å². The van der Waals surface area contributed by atoms with Crippen LogP contribution in [0.25, 0.3) is 0 Å². The summed E-state index contributed by atoms with van der Waals surface area (Å²) in [5.41, 5.74) is 7.76. The van der Waals surface area contributed by atoms with Crippen molar-refractivity contribution in [3.05, 3.63) is 29.3 Å². The Bertz CT molecular complexity index is 437. The molecular weight excluding hydrogens is 252 g/mol. The number of nitrogens with zero attached hydrogens (tertiary/aromatic N) is 1. The fraction of sp³-hybridized carbons (Fsp3) is 0.462. The second-order valence-corrected chi connectivity index (χ2v) is 4.60. The average molecular weight is 271 g/mol. The zero-order valence-electron chi connectivity index (χ0n) is 10.4. The van der Waals surface area contributed by atoms with E-state index >= 15 is 0 Å². The summed E-state index contributed by atoms with van der Waals surface area (Å²) in [4.78, 5) is 13.8. The zero-order valence-corrected chi connectivity index (χ0v) is 11.2. The summed E-state index contributed by atoms with van der Waals surface area (Å²) in [7, 11) is 0. The third-order valence-electron chi connectivity index (χ3n) is 3.29. The number of carbonyl (C=O) groups excluding carboxylic acids is 1. The van der Waals surface area contributed by atoms with Crippen LogP contribution in [-0.4, -0.2) is 29.0 Å². The van der Waals surface area contributed by atoms with Gasteiger partial charge in [0.25, 0.3) is 0 Å². The van der Waals surface area contributed by atoms with E-state index in [4.69, 9.17) is 5.73 Å². The summed E-state index contributed by atoms with van der Waals surface area (Å²) in [6.45, 7) is 3.54. The molecule has 1 aromatic rings. The Labute approximate surface area is 113 Å². The van der Waals surface area contributed by atoms with Crippen LogP contribution in [0.3, 0.4) is 0 Å². The molecule has 1 amide bonds. The highest BCUT2D eigenvalue weighted by molar-refractivity contribution is 5.85. The van der Waals surface area contributed by atoms with Crippen molar-refractivity contribution in [1.82, 2.24) is 4.90 Å². The zero-order chi connectivity index (χ0) is 12.4. The highest BCUT2D eigenvalue weighted by atomic mass is 35.5. The molecule has 0 aliphatic carbocycles. The fourth-order valence-corrected chi connectivity index (χ4v) is 2.14. The van der Waals surface area contributed by atoms with Crippen molar-refractivity contribution >= 4 is 18.3 Å². The van der Waals surface area contributed by atoms with Crippen molar-refractivity contribution in [1.29, 1.82) is 0 Å². The molecule has 0 aromatic heterocycles. The molecule has 1 aliphatic heterocycles. The van der Waals surface area contributed by atoms with E-state index in [9.17, 15) is 9.90 Å². The monoisotopic (exact) mass is 270 g/mol. The molecule has 1 aromatic carbocycles. The number of fused-ring (bicyclic) bond motifs is 1. The molecule has 0 saturated heterocycles. The van der Waals surface area contributed by atoms with E-state index < -0.39 is 0 Å². The molecule has 1 aliphatic rings. The maximum absolute atomic E-state index is 12.0. The van der Waals surface area contributed by atoms with Gasteiger partial charge in [0.05, 0.1) is 0 Å². The second kappa shape index (κ2) is 6.07. The highest BCUT2D eigenvalue weighted by Gasteiger charge is 2.23. The maximum Gasteiger partial charge on any atom is 0.226 e. The number of phenolic OH excluding ortho intramolecular Hbond substituents is 1. The molecule has 0 spiro atoms. The van der Waals surface area contributed by atoms with Gasteiger partial charge in [0.15, 0.2) is 0 Å². The molecule has 0 saturated carbocycles. The number of hydrogen-bond acceptors (Lipinski definition) is 3. The van der Waals surface area contributed by atoms with Crippen LogP contribution in [0.1, 0.15) is 18.1 Å². The van der Waals surface area contributed by atoms with Gasteiger partial charge in [-0.1, -0.05) is 13.0 Å². The van der Waals surface area contributed by atoms with E-state index in [-0.39, 0.29) is 30.0 Å². The van der Waals surface area contributed by atoms with Gasteiger partial charge in [-0.25, -0.2) is 0 Å². The normalized spacial score (nSPS) is 15.6. The van der Waals surface area contributed by atoms with Crippen LogP contribution in [0.2, 0.25) is 0 Å². The minimum Gasteiger partial charge on any atom is -0.508 e. The van der Waals surface area contributed by atoms with Gasteiger partial charge >= 0.3 is 0 Å². The molecule has 100 valence electrons. The molecule has 4 nitrogen and oxygen atoms in total. The smallest absolute Gasteiger partial charge is 0.226 e. The molecule has 18 heavy (non-hydrogen) atoms. The second-order valence-electron chi connectivity index (χ2n) is 4.60. The molecule has 0 bridgehead atoms. The lowest BCUT2D eigenvalue weighted by molar-refractivity contribution is -0.135. The Morgan fingerprint density at radius 2 is 2.22 bits per heavy atom. The number of carbonyl (C=O) groups is 1. The first kappa shape index (κ1) is 14.8. The summed E-state index contributed by atoms with van der Waals surface area (Å²) in [5.74, 6) is 0.222. The van der Waals surface area contributed by atoms with Crippen LogP contribution in [0, 0.1) is 5.92 Å². The Balaban J connectivity index is 0.00000162. The van der Waals surface area contributed by atoms with Crippen LogP contribution < -0.4 is 5.73 Å². The Morgan fingerprint density at radius 3 is 2.89 bits per heavy atom. The summed E-state index contributed by atoms with van der Waals surface area (Å²) in [6.07, 6.45) is 0.846. The summed E-state index contributed by atoms with van der Waals surface area (Å²) in [5, 5.41) is 9.45. The van der Waals surface area contributed by atoms with Crippen molar-refractivity contribution in [3.8, 4) is 5.75 Å². The summed E-state index contributed by atoms with van der Waals surface area (Å²) >= 11 is 0. The van der Waals surface area contributed by atoms with Gasteiger partial charge in [-0.15, -0.1) is 12.4 Å². The molecule has 1 unspecified atom stereocenters. The lowest BCUT2D eigenvalue weighted by Crippen LogP contribution is -2.40. The van der Waals surface area contributed by atoms with Gasteiger partial charge in [-0.05, 0) is 29.7 Å². The number of phenols is 1. The van der Waals surface area contributed by atoms with Crippen LogP contribution in [-0.2, 0) is 17.8 Å². The van der Waals surface area contributed by atoms with Crippen LogP contribution in [0.4, 0.5) is 0 Å². The van der Waals surface area contributed by atoms with Crippen molar-refractivity contribution in [2.24, 2.45) is 11.7 Å². The average Bonchev–Trinajstić information content (AvgIpc) is 2.36. The van der Waals surface area contributed by atoms with Crippen molar-refractivity contribution < 1.29 is 9.90 Å². The predicted molar refractivity (Wildman–Crippen MR) is 72.7 cm³/mol. The Kier molecular flexibility index (Phi) is 4.99. The van der Waals surface area contributed by atoms with Crippen molar-refractivity contribution in [3.63, 3.8) is 0 Å². The number of amides is 1. The predicted octanol–water partition coefficient (Wildman–Crippen LogP) is 1.29. The van der Waals surface area contributed by atoms with E-state index in [0.717, 1.165) is 18.5 Å². The maximum atomic E-state index is 12.0. The third kappa shape index (κ3) is 2.94. The molecule has 3 N–H and O–H groups in total. The van der Waals surface area contributed by atoms with E-state index in [1.165, 1.54) is 5.56 Å². The lowest BCUT2D eigenvalue weighted by atomic mass is 9.98. The molecule has 1 atom stereocenters. The van der Waals surface area contributed by atoms with Gasteiger partial charge in [0.2, 0.25) is 5.91 Å².